The highest BCUT2D eigenvalue weighted by Crippen LogP contribution is 2.12. The fourth-order valence-corrected chi connectivity index (χ4v) is 3.42. The van der Waals surface area contributed by atoms with Gasteiger partial charge in [-0.15, -0.1) is 0 Å². The van der Waals surface area contributed by atoms with Crippen LogP contribution >= 0.6 is 0 Å². The normalized spacial score (nSPS) is 13.2. The van der Waals surface area contributed by atoms with Crippen LogP contribution in [0.3, 0.4) is 0 Å². The maximum absolute atomic E-state index is 3.58. The fraction of sp³-hybridized carbons (Fsp3) is 0.333. The van der Waals surface area contributed by atoms with E-state index in [1.54, 1.807) is 0 Å². The third kappa shape index (κ3) is 4.05. The van der Waals surface area contributed by atoms with E-state index < -0.39 is 8.07 Å². The molecule has 0 spiro atoms. The van der Waals surface area contributed by atoms with E-state index in [1.165, 1.54) is 16.3 Å². The van der Waals surface area contributed by atoms with Gasteiger partial charge in [0.15, 0.2) is 0 Å². The highest BCUT2D eigenvalue weighted by molar-refractivity contribution is 6.88. The third-order valence-electron chi connectivity index (χ3n) is 3.73. The fourth-order valence-electron chi connectivity index (χ4n) is 2.25. The average Bonchev–Trinajstić information content (AvgIpc) is 2.45. The van der Waals surface area contributed by atoms with Gasteiger partial charge in [0.25, 0.3) is 0 Å². The van der Waals surface area contributed by atoms with Gasteiger partial charge in [-0.25, -0.2) is 0 Å². The summed E-state index contributed by atoms with van der Waals surface area (Å²) < 4.78 is 0. The Balaban J connectivity index is 1.94. The smallest absolute Gasteiger partial charge is 0.0775 e. The topological polar surface area (TPSA) is 12.0 Å². The van der Waals surface area contributed by atoms with Crippen molar-refractivity contribution in [2.75, 3.05) is 0 Å². The highest BCUT2D eigenvalue weighted by Gasteiger charge is 2.15. The van der Waals surface area contributed by atoms with Crippen LogP contribution in [0.15, 0.2) is 54.6 Å². The first kappa shape index (κ1) is 15.0. The molecule has 2 heteroatoms. The van der Waals surface area contributed by atoms with Crippen LogP contribution in [0.4, 0.5) is 0 Å². The van der Waals surface area contributed by atoms with Gasteiger partial charge in [0.05, 0.1) is 8.07 Å². The first-order valence-corrected chi connectivity index (χ1v) is 10.8. The minimum absolute atomic E-state index is 0.382. The largest absolute Gasteiger partial charge is 0.306 e. The van der Waals surface area contributed by atoms with Crippen molar-refractivity contribution in [1.29, 1.82) is 0 Å². The lowest BCUT2D eigenvalue weighted by Gasteiger charge is -2.18. The molecule has 1 nitrogen and oxygen atoms in total. The van der Waals surface area contributed by atoms with Crippen molar-refractivity contribution in [3.63, 3.8) is 0 Å². The van der Waals surface area contributed by atoms with Gasteiger partial charge in [-0.2, -0.15) is 0 Å². The molecule has 0 aliphatic carbocycles. The number of benzene rings is 2. The summed E-state index contributed by atoms with van der Waals surface area (Å²) >= 11 is 0. The van der Waals surface area contributed by atoms with Gasteiger partial charge in [-0.1, -0.05) is 79.4 Å². The molecule has 0 aromatic heterocycles. The first-order chi connectivity index (χ1) is 9.47. The van der Waals surface area contributed by atoms with Gasteiger partial charge >= 0.3 is 0 Å². The molecule has 20 heavy (non-hydrogen) atoms. The van der Waals surface area contributed by atoms with Crippen molar-refractivity contribution in [1.82, 2.24) is 5.32 Å². The maximum atomic E-state index is 3.58. The Morgan fingerprint density at radius 2 is 1.50 bits per heavy atom. The van der Waals surface area contributed by atoms with Gasteiger partial charge in [-0.3, -0.25) is 0 Å². The van der Waals surface area contributed by atoms with Crippen LogP contribution < -0.4 is 10.5 Å². The summed E-state index contributed by atoms with van der Waals surface area (Å²) in [4.78, 5) is 0. The number of rotatable bonds is 5. The zero-order chi connectivity index (χ0) is 14.6. The van der Waals surface area contributed by atoms with Crippen molar-refractivity contribution in [3.8, 4) is 0 Å². The minimum atomic E-state index is -1.17. The van der Waals surface area contributed by atoms with Crippen LogP contribution in [-0.4, -0.2) is 8.07 Å². The van der Waals surface area contributed by atoms with E-state index in [1.807, 2.05) is 0 Å². The van der Waals surface area contributed by atoms with Crippen LogP contribution in [0.1, 0.15) is 24.1 Å². The van der Waals surface area contributed by atoms with E-state index in [9.17, 15) is 0 Å². The summed E-state index contributed by atoms with van der Waals surface area (Å²) in [5.74, 6) is 0. The second-order valence-corrected chi connectivity index (χ2v) is 11.5. The summed E-state index contributed by atoms with van der Waals surface area (Å²) in [7, 11) is -1.17. The Hall–Kier alpha value is -1.38. The van der Waals surface area contributed by atoms with E-state index in [4.69, 9.17) is 0 Å². The lowest BCUT2D eigenvalue weighted by Crippen LogP contribution is -2.37. The summed E-state index contributed by atoms with van der Waals surface area (Å²) in [5.41, 5.74) is 2.70. The van der Waals surface area contributed by atoms with E-state index in [0.717, 1.165) is 6.54 Å². The molecule has 2 aromatic rings. The zero-order valence-corrected chi connectivity index (χ0v) is 14.0. The molecule has 1 N–H and O–H groups in total. The molecule has 0 aliphatic rings. The first-order valence-electron chi connectivity index (χ1n) is 7.34. The van der Waals surface area contributed by atoms with Crippen LogP contribution in [-0.2, 0) is 6.54 Å². The summed E-state index contributed by atoms with van der Waals surface area (Å²) in [6.45, 7) is 10.3. The van der Waals surface area contributed by atoms with E-state index in [2.05, 4.69) is 86.5 Å². The second-order valence-electron chi connectivity index (χ2n) is 6.46. The molecule has 0 saturated carbocycles. The maximum Gasteiger partial charge on any atom is 0.0775 e. The zero-order valence-electron chi connectivity index (χ0n) is 13.0. The molecule has 0 saturated heterocycles. The number of hydrogen-bond donors (Lipinski definition) is 1. The highest BCUT2D eigenvalue weighted by atomic mass is 28.3. The van der Waals surface area contributed by atoms with Crippen molar-refractivity contribution in [3.05, 3.63) is 65.7 Å². The molecule has 0 bridgehead atoms. The lowest BCUT2D eigenvalue weighted by molar-refractivity contribution is 0.575. The van der Waals surface area contributed by atoms with Crippen molar-refractivity contribution >= 4 is 13.3 Å². The molecule has 2 aromatic carbocycles. The number of nitrogens with one attached hydrogen (secondary N) is 1. The van der Waals surface area contributed by atoms with E-state index in [-0.39, 0.29) is 0 Å². The van der Waals surface area contributed by atoms with Crippen molar-refractivity contribution in [2.45, 2.75) is 39.2 Å². The summed E-state index contributed by atoms with van der Waals surface area (Å²) in [6, 6.07) is 20.1. The minimum Gasteiger partial charge on any atom is -0.306 e. The van der Waals surface area contributed by atoms with E-state index in [0.29, 0.717) is 6.04 Å². The SMILES string of the molecule is C[C@@H](NCc1ccc([Si](C)(C)C)cc1)c1ccccc1. The Morgan fingerprint density at radius 3 is 2.05 bits per heavy atom. The van der Waals surface area contributed by atoms with Crippen LogP contribution in [0.2, 0.25) is 19.6 Å². The predicted molar refractivity (Wildman–Crippen MR) is 91.1 cm³/mol. The standard InChI is InChI=1S/C18H25NSi/c1-15(17-8-6-5-7-9-17)19-14-16-10-12-18(13-11-16)20(2,3)4/h5-13,15,19H,14H2,1-4H3/t15-/m1/s1. The molecule has 0 heterocycles. The van der Waals surface area contributed by atoms with Gasteiger partial charge < -0.3 is 5.32 Å². The Bertz CT molecular complexity index is 526. The second kappa shape index (κ2) is 6.38. The summed E-state index contributed by atoms with van der Waals surface area (Å²) in [5, 5.41) is 5.11. The molecule has 0 fully saturated rings. The van der Waals surface area contributed by atoms with Crippen LogP contribution in [0.5, 0.6) is 0 Å². The molecule has 106 valence electrons. The molecule has 0 amide bonds. The average molecular weight is 283 g/mol. The molecule has 1 atom stereocenters. The molecule has 0 aliphatic heterocycles. The number of hydrogen-bond acceptors (Lipinski definition) is 1. The van der Waals surface area contributed by atoms with Crippen LogP contribution in [0, 0.1) is 0 Å². The van der Waals surface area contributed by atoms with Gasteiger partial charge in [-0.05, 0) is 18.1 Å². The summed E-state index contributed by atoms with van der Waals surface area (Å²) in [6.07, 6.45) is 0. The van der Waals surface area contributed by atoms with Crippen molar-refractivity contribution in [2.24, 2.45) is 0 Å². The van der Waals surface area contributed by atoms with Gasteiger partial charge in [0, 0.05) is 12.6 Å². The Kier molecular flexibility index (Phi) is 4.79. The quantitative estimate of drug-likeness (QED) is 0.815. The molecular formula is C18H25NSi. The predicted octanol–water partition coefficient (Wildman–Crippen LogP) is 4.08. The van der Waals surface area contributed by atoms with E-state index >= 15 is 0 Å². The lowest BCUT2D eigenvalue weighted by atomic mass is 10.1. The third-order valence-corrected chi connectivity index (χ3v) is 5.80. The van der Waals surface area contributed by atoms with Crippen molar-refractivity contribution < 1.29 is 0 Å². The van der Waals surface area contributed by atoms with Gasteiger partial charge in [0.2, 0.25) is 0 Å². The Labute approximate surface area is 124 Å². The monoisotopic (exact) mass is 283 g/mol. The van der Waals surface area contributed by atoms with Crippen LogP contribution in [0.25, 0.3) is 0 Å². The molecule has 2 rings (SSSR count). The Morgan fingerprint density at radius 1 is 0.900 bits per heavy atom. The molecule has 0 unspecified atom stereocenters. The van der Waals surface area contributed by atoms with Gasteiger partial charge in [0.1, 0.15) is 0 Å². The molecule has 0 radical (unpaired) electrons. The molecular weight excluding hydrogens is 258 g/mol.